The number of rotatable bonds is 1. The molecule has 0 saturated heterocycles. The third-order valence-electron chi connectivity index (χ3n) is 3.01. The monoisotopic (exact) mass is 167 g/mol. The Labute approximate surface area is 73.4 Å². The van der Waals surface area contributed by atoms with Crippen molar-refractivity contribution in [3.63, 3.8) is 0 Å². The van der Waals surface area contributed by atoms with Gasteiger partial charge in [0, 0.05) is 0 Å². The van der Waals surface area contributed by atoms with Crippen LogP contribution in [0.15, 0.2) is 4.99 Å². The molecule has 0 aromatic rings. The number of aliphatic imine (C=N–C) groups is 1. The summed E-state index contributed by atoms with van der Waals surface area (Å²) in [5, 5.41) is 3.25. The standard InChI is InChI=1S/C9H17N3/c10-9-11-6-8(12-9)7-4-2-1-3-5-7/h7-8H,1-6H2,(H3,10,11,12). The van der Waals surface area contributed by atoms with Crippen LogP contribution in [0.1, 0.15) is 32.1 Å². The number of nitrogens with two attached hydrogens (primary N) is 1. The number of nitrogens with one attached hydrogen (secondary N) is 1. The van der Waals surface area contributed by atoms with Gasteiger partial charge < -0.3 is 11.1 Å². The van der Waals surface area contributed by atoms with Crippen molar-refractivity contribution in [2.24, 2.45) is 16.6 Å². The van der Waals surface area contributed by atoms with Crippen molar-refractivity contribution >= 4 is 5.96 Å². The molecule has 1 heterocycles. The molecule has 12 heavy (non-hydrogen) atoms. The van der Waals surface area contributed by atoms with Gasteiger partial charge in [0.2, 0.25) is 0 Å². The lowest BCUT2D eigenvalue weighted by Crippen LogP contribution is -2.40. The molecule has 0 aromatic carbocycles. The van der Waals surface area contributed by atoms with E-state index in [4.69, 9.17) is 5.73 Å². The molecule has 0 spiro atoms. The zero-order chi connectivity index (χ0) is 8.39. The first kappa shape index (κ1) is 7.90. The van der Waals surface area contributed by atoms with Crippen LogP contribution in [0.4, 0.5) is 0 Å². The number of hydrogen-bond donors (Lipinski definition) is 2. The Bertz CT molecular complexity index is 182. The second kappa shape index (κ2) is 3.33. The van der Waals surface area contributed by atoms with Crippen molar-refractivity contribution < 1.29 is 0 Å². The third kappa shape index (κ3) is 1.54. The van der Waals surface area contributed by atoms with Crippen LogP contribution >= 0.6 is 0 Å². The third-order valence-corrected chi connectivity index (χ3v) is 3.01. The zero-order valence-electron chi connectivity index (χ0n) is 7.42. The van der Waals surface area contributed by atoms with E-state index in [0.717, 1.165) is 12.5 Å². The predicted octanol–water partition coefficient (Wildman–Crippen LogP) is 0.853. The van der Waals surface area contributed by atoms with Gasteiger partial charge in [0.05, 0.1) is 12.6 Å². The first-order chi connectivity index (χ1) is 5.86. The molecule has 2 aliphatic rings. The van der Waals surface area contributed by atoms with Crippen LogP contribution in [0.3, 0.4) is 0 Å². The molecule has 1 unspecified atom stereocenters. The Morgan fingerprint density at radius 2 is 2.00 bits per heavy atom. The molecule has 1 aliphatic heterocycles. The number of hydrogen-bond acceptors (Lipinski definition) is 3. The Balaban J connectivity index is 1.85. The van der Waals surface area contributed by atoms with Crippen LogP contribution in [0.25, 0.3) is 0 Å². The van der Waals surface area contributed by atoms with Crippen molar-refractivity contribution in [2.75, 3.05) is 6.54 Å². The van der Waals surface area contributed by atoms with E-state index in [-0.39, 0.29) is 0 Å². The highest BCUT2D eigenvalue weighted by molar-refractivity contribution is 5.79. The molecule has 68 valence electrons. The fourth-order valence-corrected chi connectivity index (χ4v) is 2.28. The van der Waals surface area contributed by atoms with Gasteiger partial charge in [0.1, 0.15) is 0 Å². The van der Waals surface area contributed by atoms with E-state index in [1.54, 1.807) is 0 Å². The van der Waals surface area contributed by atoms with E-state index in [0.29, 0.717) is 12.0 Å². The lowest BCUT2D eigenvalue weighted by Gasteiger charge is -2.26. The molecule has 2 rings (SSSR count). The molecular weight excluding hydrogens is 150 g/mol. The fraction of sp³-hybridized carbons (Fsp3) is 0.889. The average molecular weight is 167 g/mol. The molecule has 0 amide bonds. The molecule has 1 saturated carbocycles. The largest absolute Gasteiger partial charge is 0.370 e. The number of guanidine groups is 1. The summed E-state index contributed by atoms with van der Waals surface area (Å²) >= 11 is 0. The minimum atomic E-state index is 0.547. The van der Waals surface area contributed by atoms with E-state index in [1.165, 1.54) is 32.1 Å². The Hall–Kier alpha value is -0.730. The van der Waals surface area contributed by atoms with Gasteiger partial charge in [-0.3, -0.25) is 4.99 Å². The van der Waals surface area contributed by atoms with E-state index >= 15 is 0 Å². The van der Waals surface area contributed by atoms with Gasteiger partial charge >= 0.3 is 0 Å². The molecule has 3 N–H and O–H groups in total. The van der Waals surface area contributed by atoms with Crippen molar-refractivity contribution in [1.29, 1.82) is 0 Å². The highest BCUT2D eigenvalue weighted by atomic mass is 15.2. The number of nitrogens with zero attached hydrogens (tertiary/aromatic N) is 1. The Kier molecular flexibility index (Phi) is 2.19. The summed E-state index contributed by atoms with van der Waals surface area (Å²) in [7, 11) is 0. The molecule has 0 aromatic heterocycles. The molecule has 1 aliphatic carbocycles. The lowest BCUT2D eigenvalue weighted by molar-refractivity contribution is 0.300. The SMILES string of the molecule is NC1=NCC(C2CCCCC2)N1. The quantitative estimate of drug-likeness (QED) is 0.608. The maximum absolute atomic E-state index is 5.57. The van der Waals surface area contributed by atoms with Crippen LogP contribution in [-0.4, -0.2) is 18.5 Å². The van der Waals surface area contributed by atoms with E-state index in [9.17, 15) is 0 Å². The van der Waals surface area contributed by atoms with E-state index in [1.807, 2.05) is 0 Å². The molecule has 3 nitrogen and oxygen atoms in total. The first-order valence-corrected chi connectivity index (χ1v) is 4.93. The molecule has 0 bridgehead atoms. The summed E-state index contributed by atoms with van der Waals surface area (Å²) in [5.74, 6) is 1.47. The molecule has 0 radical (unpaired) electrons. The second-order valence-corrected chi connectivity index (χ2v) is 3.87. The van der Waals surface area contributed by atoms with Crippen LogP contribution in [-0.2, 0) is 0 Å². The van der Waals surface area contributed by atoms with Crippen molar-refractivity contribution in [3.8, 4) is 0 Å². The van der Waals surface area contributed by atoms with Gasteiger partial charge in [-0.15, -0.1) is 0 Å². The van der Waals surface area contributed by atoms with Gasteiger partial charge in [-0.1, -0.05) is 19.3 Å². The van der Waals surface area contributed by atoms with Gasteiger partial charge in [0.15, 0.2) is 5.96 Å². The molecular formula is C9H17N3. The van der Waals surface area contributed by atoms with Crippen LogP contribution in [0.2, 0.25) is 0 Å². The minimum Gasteiger partial charge on any atom is -0.370 e. The summed E-state index contributed by atoms with van der Waals surface area (Å²) in [6.07, 6.45) is 6.92. The summed E-state index contributed by atoms with van der Waals surface area (Å²) in [5.41, 5.74) is 5.57. The summed E-state index contributed by atoms with van der Waals surface area (Å²) in [6, 6.07) is 0.547. The predicted molar refractivity (Wildman–Crippen MR) is 50.0 cm³/mol. The maximum Gasteiger partial charge on any atom is 0.188 e. The van der Waals surface area contributed by atoms with Gasteiger partial charge in [0.25, 0.3) is 0 Å². The van der Waals surface area contributed by atoms with Crippen LogP contribution in [0, 0.1) is 5.92 Å². The van der Waals surface area contributed by atoms with E-state index < -0.39 is 0 Å². The van der Waals surface area contributed by atoms with Crippen molar-refractivity contribution in [1.82, 2.24) is 5.32 Å². The normalized spacial score (nSPS) is 31.3. The van der Waals surface area contributed by atoms with Crippen LogP contribution < -0.4 is 11.1 Å². The van der Waals surface area contributed by atoms with Gasteiger partial charge in [-0.25, -0.2) is 0 Å². The smallest absolute Gasteiger partial charge is 0.188 e. The van der Waals surface area contributed by atoms with Crippen molar-refractivity contribution in [2.45, 2.75) is 38.1 Å². The van der Waals surface area contributed by atoms with Crippen molar-refractivity contribution in [3.05, 3.63) is 0 Å². The van der Waals surface area contributed by atoms with Gasteiger partial charge in [-0.2, -0.15) is 0 Å². The highest BCUT2D eigenvalue weighted by Gasteiger charge is 2.26. The first-order valence-electron chi connectivity index (χ1n) is 4.93. The highest BCUT2D eigenvalue weighted by Crippen LogP contribution is 2.27. The van der Waals surface area contributed by atoms with Gasteiger partial charge in [-0.05, 0) is 18.8 Å². The molecule has 1 atom stereocenters. The van der Waals surface area contributed by atoms with Crippen LogP contribution in [0.5, 0.6) is 0 Å². The molecule has 1 fully saturated rings. The summed E-state index contributed by atoms with van der Waals surface area (Å²) in [4.78, 5) is 4.18. The Morgan fingerprint density at radius 3 is 2.58 bits per heavy atom. The Morgan fingerprint density at radius 1 is 1.25 bits per heavy atom. The minimum absolute atomic E-state index is 0.547. The summed E-state index contributed by atoms with van der Waals surface area (Å²) < 4.78 is 0. The topological polar surface area (TPSA) is 50.4 Å². The maximum atomic E-state index is 5.57. The summed E-state index contributed by atoms with van der Waals surface area (Å²) in [6.45, 7) is 0.899. The average Bonchev–Trinajstić information content (AvgIpc) is 2.54. The van der Waals surface area contributed by atoms with E-state index in [2.05, 4.69) is 10.3 Å². The molecule has 3 heteroatoms. The second-order valence-electron chi connectivity index (χ2n) is 3.87. The lowest BCUT2D eigenvalue weighted by atomic mass is 9.84. The zero-order valence-corrected chi connectivity index (χ0v) is 7.42. The fourth-order valence-electron chi connectivity index (χ4n) is 2.28.